The molecule has 8 heteroatoms. The van der Waals surface area contributed by atoms with Gasteiger partial charge in [0.05, 0.1) is 27.9 Å². The fraction of sp³-hybridized carbons (Fsp3) is 0.333. The number of aromatic nitrogens is 1. The number of hydrogen-bond acceptors (Lipinski definition) is 5. The van der Waals surface area contributed by atoms with Gasteiger partial charge in [0.15, 0.2) is 15.6 Å². The predicted octanol–water partition coefficient (Wildman–Crippen LogP) is 5.44. The maximum atomic E-state index is 13.1. The van der Waals surface area contributed by atoms with Crippen molar-refractivity contribution in [2.75, 3.05) is 18.1 Å². The largest absolute Gasteiger partial charge is 0.444 e. The van der Waals surface area contributed by atoms with Crippen molar-refractivity contribution >= 4 is 60.1 Å². The smallest absolute Gasteiger partial charge is 0.295 e. The molecule has 0 aliphatic carbocycles. The maximum Gasteiger partial charge on any atom is 0.295 e. The number of benzene rings is 1. The van der Waals surface area contributed by atoms with E-state index in [1.807, 2.05) is 19.1 Å². The SMILES string of the molecule is Cc1ccc(Cl)c2sc(N(CC3CCCO3)C(=O)c3ccc(Br)o3)nc12. The van der Waals surface area contributed by atoms with Crippen molar-refractivity contribution in [3.63, 3.8) is 0 Å². The molecule has 4 rings (SSSR count). The lowest BCUT2D eigenvalue weighted by molar-refractivity contribution is 0.0894. The minimum atomic E-state index is -0.237. The molecule has 1 atom stereocenters. The van der Waals surface area contributed by atoms with Crippen molar-refractivity contribution in [2.45, 2.75) is 25.9 Å². The van der Waals surface area contributed by atoms with Gasteiger partial charge >= 0.3 is 0 Å². The Bertz CT molecular complexity index is 926. The molecule has 0 bridgehead atoms. The molecule has 1 unspecified atom stereocenters. The molecule has 0 saturated carbocycles. The van der Waals surface area contributed by atoms with Crippen LogP contribution >= 0.6 is 38.9 Å². The number of fused-ring (bicyclic) bond motifs is 1. The number of carbonyl (C=O) groups excluding carboxylic acids is 1. The van der Waals surface area contributed by atoms with Crippen molar-refractivity contribution in [1.82, 2.24) is 4.98 Å². The van der Waals surface area contributed by atoms with Crippen molar-refractivity contribution in [1.29, 1.82) is 0 Å². The van der Waals surface area contributed by atoms with Gasteiger partial charge in [0.2, 0.25) is 0 Å². The van der Waals surface area contributed by atoms with Gasteiger partial charge in [-0.3, -0.25) is 9.69 Å². The number of aryl methyl sites for hydroxylation is 1. The van der Waals surface area contributed by atoms with E-state index in [1.165, 1.54) is 11.3 Å². The summed E-state index contributed by atoms with van der Waals surface area (Å²) in [7, 11) is 0. The molecule has 3 aromatic rings. The van der Waals surface area contributed by atoms with Gasteiger partial charge in [-0.2, -0.15) is 0 Å². The summed E-state index contributed by atoms with van der Waals surface area (Å²) in [4.78, 5) is 19.4. The number of rotatable bonds is 4. The molecule has 0 radical (unpaired) electrons. The van der Waals surface area contributed by atoms with Crippen LogP contribution in [0.3, 0.4) is 0 Å². The summed E-state index contributed by atoms with van der Waals surface area (Å²) >= 11 is 11.0. The zero-order valence-corrected chi connectivity index (χ0v) is 17.2. The van der Waals surface area contributed by atoms with E-state index in [2.05, 4.69) is 15.9 Å². The Balaban J connectivity index is 1.75. The quantitative estimate of drug-likeness (QED) is 0.526. The van der Waals surface area contributed by atoms with E-state index < -0.39 is 0 Å². The first kappa shape index (κ1) is 18.0. The van der Waals surface area contributed by atoms with Gasteiger partial charge in [0, 0.05) is 6.61 Å². The molecule has 5 nitrogen and oxygen atoms in total. The predicted molar refractivity (Wildman–Crippen MR) is 106 cm³/mol. The van der Waals surface area contributed by atoms with Crippen molar-refractivity contribution in [2.24, 2.45) is 0 Å². The lowest BCUT2D eigenvalue weighted by Crippen LogP contribution is -2.37. The van der Waals surface area contributed by atoms with Gasteiger partial charge in [-0.15, -0.1) is 0 Å². The Hall–Kier alpha value is -1.41. The van der Waals surface area contributed by atoms with Gasteiger partial charge < -0.3 is 9.15 Å². The highest BCUT2D eigenvalue weighted by molar-refractivity contribution is 9.10. The first-order chi connectivity index (χ1) is 12.5. The van der Waals surface area contributed by atoms with Crippen LogP contribution in [0, 0.1) is 6.92 Å². The molecule has 2 aromatic heterocycles. The zero-order chi connectivity index (χ0) is 18.3. The standard InChI is InChI=1S/C18H16BrClN2O3S/c1-10-4-5-12(20)16-15(10)21-18(26-16)22(9-11-3-2-8-24-11)17(23)13-6-7-14(19)25-13/h4-7,11H,2-3,8-9H2,1H3. The van der Waals surface area contributed by atoms with Crippen LogP contribution < -0.4 is 4.90 Å². The molecular weight excluding hydrogens is 440 g/mol. The Labute approximate surface area is 168 Å². The molecule has 0 spiro atoms. The molecule has 1 aliphatic heterocycles. The number of halogens is 2. The van der Waals surface area contributed by atoms with Crippen LogP contribution in [0.15, 0.2) is 33.4 Å². The molecule has 136 valence electrons. The Morgan fingerprint density at radius 3 is 2.92 bits per heavy atom. The van der Waals surface area contributed by atoms with Crippen LogP contribution in [-0.4, -0.2) is 30.1 Å². The fourth-order valence-electron chi connectivity index (χ4n) is 3.01. The van der Waals surface area contributed by atoms with Crippen molar-refractivity contribution in [3.05, 3.63) is 45.3 Å². The highest BCUT2D eigenvalue weighted by Crippen LogP contribution is 2.36. The highest BCUT2D eigenvalue weighted by Gasteiger charge is 2.29. The second kappa shape index (κ2) is 7.31. The lowest BCUT2D eigenvalue weighted by Gasteiger charge is -2.22. The maximum absolute atomic E-state index is 13.1. The molecule has 1 amide bonds. The fourth-order valence-corrected chi connectivity index (χ4v) is 4.64. The summed E-state index contributed by atoms with van der Waals surface area (Å²) < 4.78 is 12.6. The summed E-state index contributed by atoms with van der Waals surface area (Å²) in [5.74, 6) is 0.0241. The Kier molecular flexibility index (Phi) is 5.05. The van der Waals surface area contributed by atoms with E-state index in [-0.39, 0.29) is 17.8 Å². The number of carbonyl (C=O) groups is 1. The van der Waals surface area contributed by atoms with E-state index >= 15 is 0 Å². The van der Waals surface area contributed by atoms with Crippen LogP contribution in [0.5, 0.6) is 0 Å². The number of amides is 1. The lowest BCUT2D eigenvalue weighted by atomic mass is 10.2. The van der Waals surface area contributed by atoms with Crippen LogP contribution in [0.2, 0.25) is 5.02 Å². The van der Waals surface area contributed by atoms with E-state index in [0.717, 1.165) is 35.2 Å². The van der Waals surface area contributed by atoms with Crippen molar-refractivity contribution < 1.29 is 13.9 Å². The van der Waals surface area contributed by atoms with Crippen LogP contribution in [0.1, 0.15) is 29.0 Å². The van der Waals surface area contributed by atoms with Crippen LogP contribution in [0.4, 0.5) is 5.13 Å². The van der Waals surface area contributed by atoms with E-state index in [1.54, 1.807) is 17.0 Å². The first-order valence-electron chi connectivity index (χ1n) is 8.27. The summed E-state index contributed by atoms with van der Waals surface area (Å²) in [5.41, 5.74) is 1.85. The second-order valence-electron chi connectivity index (χ2n) is 6.19. The number of hydrogen-bond donors (Lipinski definition) is 0. The third kappa shape index (κ3) is 3.41. The molecule has 1 saturated heterocycles. The van der Waals surface area contributed by atoms with Crippen molar-refractivity contribution in [3.8, 4) is 0 Å². The summed E-state index contributed by atoms with van der Waals surface area (Å²) in [6.45, 7) is 3.15. The highest BCUT2D eigenvalue weighted by atomic mass is 79.9. The number of anilines is 1. The average Bonchev–Trinajstić information content (AvgIpc) is 3.35. The van der Waals surface area contributed by atoms with Gasteiger partial charge in [0.25, 0.3) is 5.91 Å². The molecule has 1 aromatic carbocycles. The van der Waals surface area contributed by atoms with Gasteiger partial charge in [-0.05, 0) is 59.5 Å². The zero-order valence-electron chi connectivity index (χ0n) is 14.0. The molecule has 1 fully saturated rings. The summed E-state index contributed by atoms with van der Waals surface area (Å²) in [6.07, 6.45) is 1.93. The number of ether oxygens (including phenoxy) is 1. The van der Waals surface area contributed by atoms with Gasteiger partial charge in [0.1, 0.15) is 0 Å². The molecule has 0 N–H and O–H groups in total. The van der Waals surface area contributed by atoms with Crippen LogP contribution in [0.25, 0.3) is 10.2 Å². The normalized spacial score (nSPS) is 17.1. The first-order valence-corrected chi connectivity index (χ1v) is 10.3. The summed E-state index contributed by atoms with van der Waals surface area (Å²) in [6, 6.07) is 7.15. The van der Waals surface area contributed by atoms with E-state index in [9.17, 15) is 4.79 Å². The molecular formula is C18H16BrClN2O3S. The van der Waals surface area contributed by atoms with Gasteiger partial charge in [-0.1, -0.05) is 29.0 Å². The minimum absolute atomic E-state index is 0.000865. The topological polar surface area (TPSA) is 55.6 Å². The third-order valence-corrected chi connectivity index (χ3v) is 6.32. The number of nitrogens with zero attached hydrogens (tertiary/aromatic N) is 2. The second-order valence-corrected chi connectivity index (χ2v) is 8.36. The molecule has 26 heavy (non-hydrogen) atoms. The molecule has 3 heterocycles. The number of furan rings is 1. The van der Waals surface area contributed by atoms with E-state index in [0.29, 0.717) is 21.4 Å². The Morgan fingerprint density at radius 1 is 1.42 bits per heavy atom. The van der Waals surface area contributed by atoms with E-state index in [4.69, 9.17) is 25.7 Å². The number of thiazole rings is 1. The average molecular weight is 456 g/mol. The van der Waals surface area contributed by atoms with Gasteiger partial charge in [-0.25, -0.2) is 4.98 Å². The molecule has 1 aliphatic rings. The Morgan fingerprint density at radius 2 is 2.27 bits per heavy atom. The van der Waals surface area contributed by atoms with Crippen LogP contribution in [-0.2, 0) is 4.74 Å². The summed E-state index contributed by atoms with van der Waals surface area (Å²) in [5, 5.41) is 1.24. The minimum Gasteiger partial charge on any atom is -0.444 e. The third-order valence-electron chi connectivity index (χ3n) is 4.36. The monoisotopic (exact) mass is 454 g/mol.